The summed E-state index contributed by atoms with van der Waals surface area (Å²) in [7, 11) is 0. The van der Waals surface area contributed by atoms with Crippen LogP contribution in [0, 0.1) is 0 Å². The van der Waals surface area contributed by atoms with Crippen molar-refractivity contribution in [3.8, 4) is 0 Å². The number of fused-ring (bicyclic) bond motifs is 4. The molecule has 1 unspecified atom stereocenters. The lowest BCUT2D eigenvalue weighted by molar-refractivity contribution is -0.251. The quantitative estimate of drug-likeness (QED) is 0.758. The van der Waals surface area contributed by atoms with Gasteiger partial charge in [0.2, 0.25) is 0 Å². The van der Waals surface area contributed by atoms with Gasteiger partial charge in [-0.2, -0.15) is 0 Å². The van der Waals surface area contributed by atoms with Crippen molar-refractivity contribution >= 4 is 23.5 Å². The van der Waals surface area contributed by atoms with Gasteiger partial charge in [-0.25, -0.2) is 0 Å². The average molecular weight is 322 g/mol. The molecule has 1 aromatic rings. The summed E-state index contributed by atoms with van der Waals surface area (Å²) in [5.74, 6) is -0.546. The molecular weight excluding hydrogens is 304 g/mol. The summed E-state index contributed by atoms with van der Waals surface area (Å²) < 4.78 is 11.7. The molecule has 4 heteroatoms. The summed E-state index contributed by atoms with van der Waals surface area (Å²) in [6, 6.07) is 3.87. The highest BCUT2D eigenvalue weighted by atomic mass is 16.7. The minimum absolute atomic E-state index is 0.286. The van der Waals surface area contributed by atoms with Crippen LogP contribution in [0.2, 0.25) is 0 Å². The number of aliphatic hydroxyl groups is 2. The number of ether oxygens (including phenoxy) is 2. The van der Waals surface area contributed by atoms with Gasteiger partial charge in [0, 0.05) is 11.6 Å². The molecule has 0 saturated carbocycles. The zero-order valence-electron chi connectivity index (χ0n) is 13.2. The molecule has 4 aliphatic rings. The highest BCUT2D eigenvalue weighted by Crippen LogP contribution is 2.41. The monoisotopic (exact) mass is 322 g/mol. The van der Waals surface area contributed by atoms with Crippen molar-refractivity contribution in [1.82, 2.24) is 0 Å². The van der Waals surface area contributed by atoms with Gasteiger partial charge in [-0.05, 0) is 52.6 Å². The van der Waals surface area contributed by atoms with E-state index < -0.39 is 11.4 Å². The van der Waals surface area contributed by atoms with Gasteiger partial charge in [0.05, 0.1) is 13.2 Å². The molecule has 1 aromatic carbocycles. The molecule has 3 aliphatic carbocycles. The molecule has 1 spiro atoms. The maximum Gasteiger partial charge on any atom is 0.191 e. The molecule has 24 heavy (non-hydrogen) atoms. The SMILES string of the molecule is OC1=c2ccc3c(c2C=C1)C=CC1(O)CC2(C=CC=31)OCCCO2. The second-order valence-electron chi connectivity index (χ2n) is 6.75. The van der Waals surface area contributed by atoms with Gasteiger partial charge >= 0.3 is 0 Å². The fourth-order valence-electron chi connectivity index (χ4n) is 4.07. The summed E-state index contributed by atoms with van der Waals surface area (Å²) in [5.41, 5.74) is 1.76. The molecule has 2 N–H and O–H groups in total. The number of rotatable bonds is 0. The first-order valence-electron chi connectivity index (χ1n) is 8.28. The van der Waals surface area contributed by atoms with Crippen molar-refractivity contribution in [2.75, 3.05) is 13.2 Å². The fraction of sp³-hybridized carbons (Fsp3) is 0.300. The van der Waals surface area contributed by atoms with Crippen molar-refractivity contribution < 1.29 is 19.7 Å². The van der Waals surface area contributed by atoms with Crippen LogP contribution >= 0.6 is 0 Å². The van der Waals surface area contributed by atoms with Crippen molar-refractivity contribution in [3.63, 3.8) is 0 Å². The van der Waals surface area contributed by atoms with Gasteiger partial charge in [0.25, 0.3) is 0 Å². The van der Waals surface area contributed by atoms with Crippen LogP contribution in [0.25, 0.3) is 23.5 Å². The van der Waals surface area contributed by atoms with E-state index in [1.807, 2.05) is 42.5 Å². The van der Waals surface area contributed by atoms with Crippen LogP contribution in [0.5, 0.6) is 0 Å². The Balaban J connectivity index is 1.74. The molecule has 122 valence electrons. The molecule has 4 nitrogen and oxygen atoms in total. The molecule has 1 heterocycles. The maximum atomic E-state index is 11.2. The molecule has 0 bridgehead atoms. The number of aliphatic hydroxyl groups excluding tert-OH is 1. The molecule has 1 aliphatic heterocycles. The van der Waals surface area contributed by atoms with Gasteiger partial charge in [-0.15, -0.1) is 0 Å². The highest BCUT2D eigenvalue weighted by molar-refractivity contribution is 5.84. The van der Waals surface area contributed by atoms with Crippen LogP contribution in [-0.2, 0) is 9.47 Å². The third kappa shape index (κ3) is 1.85. The van der Waals surface area contributed by atoms with E-state index in [2.05, 4.69) is 0 Å². The first-order valence-corrected chi connectivity index (χ1v) is 8.28. The number of hydrogen-bond donors (Lipinski definition) is 2. The Kier molecular flexibility index (Phi) is 2.78. The summed E-state index contributed by atoms with van der Waals surface area (Å²) in [6.45, 7) is 1.28. The van der Waals surface area contributed by atoms with Gasteiger partial charge in [0.1, 0.15) is 11.4 Å². The Morgan fingerprint density at radius 3 is 2.46 bits per heavy atom. The lowest BCUT2D eigenvalue weighted by Gasteiger charge is -2.44. The van der Waals surface area contributed by atoms with Crippen molar-refractivity contribution in [2.45, 2.75) is 24.2 Å². The average Bonchev–Trinajstić information content (AvgIpc) is 2.96. The van der Waals surface area contributed by atoms with E-state index in [0.717, 1.165) is 33.6 Å². The Morgan fingerprint density at radius 2 is 1.62 bits per heavy atom. The van der Waals surface area contributed by atoms with Crippen molar-refractivity contribution in [3.05, 3.63) is 58.0 Å². The molecule has 5 rings (SSSR count). The van der Waals surface area contributed by atoms with E-state index in [1.165, 1.54) is 0 Å². The molecule has 0 radical (unpaired) electrons. The topological polar surface area (TPSA) is 58.9 Å². The van der Waals surface area contributed by atoms with E-state index in [0.29, 0.717) is 19.6 Å². The number of hydrogen-bond acceptors (Lipinski definition) is 4. The smallest absolute Gasteiger partial charge is 0.191 e. The Morgan fingerprint density at radius 1 is 0.875 bits per heavy atom. The molecule has 1 atom stereocenters. The number of benzene rings is 1. The summed E-state index contributed by atoms with van der Waals surface area (Å²) in [6.07, 6.45) is 12.5. The zero-order valence-corrected chi connectivity index (χ0v) is 13.2. The lowest BCUT2D eigenvalue weighted by Crippen LogP contribution is -2.50. The van der Waals surface area contributed by atoms with E-state index in [1.54, 1.807) is 6.08 Å². The van der Waals surface area contributed by atoms with Crippen LogP contribution in [-0.4, -0.2) is 34.8 Å². The molecular formula is C20H18O4. The van der Waals surface area contributed by atoms with Crippen LogP contribution in [0.3, 0.4) is 0 Å². The summed E-state index contributed by atoms with van der Waals surface area (Å²) in [5, 5.41) is 23.0. The molecule has 0 aromatic heterocycles. The van der Waals surface area contributed by atoms with Crippen LogP contribution in [0.1, 0.15) is 24.0 Å². The molecule has 1 saturated heterocycles. The summed E-state index contributed by atoms with van der Waals surface area (Å²) in [4.78, 5) is 0. The van der Waals surface area contributed by atoms with Crippen molar-refractivity contribution in [2.24, 2.45) is 0 Å². The van der Waals surface area contributed by atoms with E-state index in [4.69, 9.17) is 9.47 Å². The van der Waals surface area contributed by atoms with E-state index in [-0.39, 0.29) is 5.76 Å². The summed E-state index contributed by atoms with van der Waals surface area (Å²) >= 11 is 0. The Hall–Kier alpha value is -2.14. The van der Waals surface area contributed by atoms with Gasteiger partial charge in [-0.3, -0.25) is 0 Å². The first kappa shape index (κ1) is 14.2. The van der Waals surface area contributed by atoms with Crippen LogP contribution in [0.15, 0.2) is 36.4 Å². The lowest BCUT2D eigenvalue weighted by atomic mass is 9.76. The predicted octanol–water partition coefficient (Wildman–Crippen LogP) is 1.38. The van der Waals surface area contributed by atoms with Gasteiger partial charge in [0.15, 0.2) is 5.79 Å². The minimum Gasteiger partial charge on any atom is -0.507 e. The van der Waals surface area contributed by atoms with Crippen molar-refractivity contribution in [1.29, 1.82) is 0 Å². The predicted molar refractivity (Wildman–Crippen MR) is 91.2 cm³/mol. The van der Waals surface area contributed by atoms with Gasteiger partial charge < -0.3 is 19.7 Å². The second-order valence-corrected chi connectivity index (χ2v) is 6.75. The third-order valence-corrected chi connectivity index (χ3v) is 5.25. The first-order chi connectivity index (χ1) is 11.6. The fourth-order valence-corrected chi connectivity index (χ4v) is 4.07. The minimum atomic E-state index is -1.11. The second kappa shape index (κ2) is 4.70. The highest BCUT2D eigenvalue weighted by Gasteiger charge is 2.46. The largest absolute Gasteiger partial charge is 0.507 e. The zero-order chi connectivity index (χ0) is 16.4. The molecule has 1 fully saturated rings. The van der Waals surface area contributed by atoms with E-state index >= 15 is 0 Å². The Bertz CT molecular complexity index is 945. The third-order valence-electron chi connectivity index (χ3n) is 5.25. The maximum absolute atomic E-state index is 11.2. The standard InChI is InChI=1S/C20H18O4/c21-18-5-4-13-14-6-8-19(22)12-20(23-10-1-11-24-20)9-7-17(19)15(14)2-3-16(13)18/h2-9,21-22H,1,10-12H2. The van der Waals surface area contributed by atoms with Gasteiger partial charge in [-0.1, -0.05) is 24.3 Å². The van der Waals surface area contributed by atoms with E-state index in [9.17, 15) is 10.2 Å². The normalized spacial score (nSPS) is 28.9. The Labute approximate surface area is 139 Å². The molecule has 0 amide bonds. The van der Waals surface area contributed by atoms with Crippen LogP contribution < -0.4 is 10.4 Å². The van der Waals surface area contributed by atoms with Crippen LogP contribution in [0.4, 0.5) is 0 Å².